The molecule has 0 aromatic heterocycles. The van der Waals surface area contributed by atoms with Gasteiger partial charge < -0.3 is 5.73 Å². The molecule has 0 spiro atoms. The van der Waals surface area contributed by atoms with Gasteiger partial charge in [-0.15, -0.1) is 0 Å². The minimum Gasteiger partial charge on any atom is -0.368 e. The van der Waals surface area contributed by atoms with Gasteiger partial charge in [0, 0.05) is 6.54 Å². The van der Waals surface area contributed by atoms with Crippen LogP contribution in [0.25, 0.3) is 0 Å². The molecule has 1 rings (SSSR count). The Morgan fingerprint density at radius 2 is 1.88 bits per heavy atom. The van der Waals surface area contributed by atoms with E-state index in [9.17, 15) is 4.79 Å². The van der Waals surface area contributed by atoms with E-state index in [-0.39, 0.29) is 17.9 Å². The molecule has 3 nitrogen and oxygen atoms in total. The standard InChI is InChI=1S/C13H20N2O/c1-10(2)12(13(14)16)15(3)9-11-7-5-4-6-8-11/h4-8,10,12H,9H2,1-3H3,(H2,14,16)/t12-/m0/s1. The monoisotopic (exact) mass is 220 g/mol. The van der Waals surface area contributed by atoms with Crippen molar-refractivity contribution in [3.8, 4) is 0 Å². The van der Waals surface area contributed by atoms with Gasteiger partial charge in [0.1, 0.15) is 0 Å². The van der Waals surface area contributed by atoms with Crippen LogP contribution >= 0.6 is 0 Å². The summed E-state index contributed by atoms with van der Waals surface area (Å²) in [5, 5.41) is 0. The Hall–Kier alpha value is -1.35. The van der Waals surface area contributed by atoms with Crippen molar-refractivity contribution in [1.29, 1.82) is 0 Å². The Bertz CT molecular complexity index is 335. The van der Waals surface area contributed by atoms with Crippen molar-refractivity contribution in [2.45, 2.75) is 26.4 Å². The van der Waals surface area contributed by atoms with Gasteiger partial charge in [0.25, 0.3) is 0 Å². The third-order valence-electron chi connectivity index (χ3n) is 2.67. The SMILES string of the molecule is CC(C)[C@@H](C(N)=O)N(C)Cc1ccccc1. The second-order valence-electron chi connectivity index (χ2n) is 4.49. The van der Waals surface area contributed by atoms with Crippen molar-refractivity contribution in [3.05, 3.63) is 35.9 Å². The molecule has 0 aliphatic heterocycles. The van der Waals surface area contributed by atoms with Gasteiger partial charge >= 0.3 is 0 Å². The normalized spacial score (nSPS) is 13.1. The van der Waals surface area contributed by atoms with Crippen LogP contribution in [0.5, 0.6) is 0 Å². The van der Waals surface area contributed by atoms with Crippen LogP contribution in [0, 0.1) is 5.92 Å². The lowest BCUT2D eigenvalue weighted by Crippen LogP contribution is -2.45. The van der Waals surface area contributed by atoms with Gasteiger partial charge in [-0.1, -0.05) is 44.2 Å². The van der Waals surface area contributed by atoms with E-state index in [1.807, 2.05) is 44.0 Å². The molecule has 16 heavy (non-hydrogen) atoms. The van der Waals surface area contributed by atoms with E-state index in [4.69, 9.17) is 5.73 Å². The number of carbonyl (C=O) groups excluding carboxylic acids is 1. The molecule has 0 saturated carbocycles. The summed E-state index contributed by atoms with van der Waals surface area (Å²) >= 11 is 0. The van der Waals surface area contributed by atoms with Gasteiger partial charge in [-0.25, -0.2) is 0 Å². The summed E-state index contributed by atoms with van der Waals surface area (Å²) < 4.78 is 0. The predicted molar refractivity (Wildman–Crippen MR) is 65.7 cm³/mol. The highest BCUT2D eigenvalue weighted by atomic mass is 16.1. The quantitative estimate of drug-likeness (QED) is 0.819. The Labute approximate surface area is 97.2 Å². The molecule has 0 saturated heterocycles. The van der Waals surface area contributed by atoms with Crippen LogP contribution in [0.1, 0.15) is 19.4 Å². The van der Waals surface area contributed by atoms with Crippen molar-refractivity contribution in [2.24, 2.45) is 11.7 Å². The topological polar surface area (TPSA) is 46.3 Å². The number of rotatable bonds is 5. The molecule has 0 fully saturated rings. The molecule has 0 heterocycles. The average molecular weight is 220 g/mol. The average Bonchev–Trinajstić information content (AvgIpc) is 2.17. The Morgan fingerprint density at radius 1 is 1.31 bits per heavy atom. The molecule has 0 radical (unpaired) electrons. The summed E-state index contributed by atoms with van der Waals surface area (Å²) in [5.74, 6) is -0.0281. The maximum absolute atomic E-state index is 11.4. The summed E-state index contributed by atoms with van der Waals surface area (Å²) in [5.41, 5.74) is 6.60. The summed E-state index contributed by atoms with van der Waals surface area (Å²) in [4.78, 5) is 13.4. The highest BCUT2D eigenvalue weighted by Gasteiger charge is 2.23. The Balaban J connectivity index is 2.70. The summed E-state index contributed by atoms with van der Waals surface area (Å²) in [6.45, 7) is 4.76. The number of amides is 1. The molecule has 2 N–H and O–H groups in total. The molecular weight excluding hydrogens is 200 g/mol. The van der Waals surface area contributed by atoms with E-state index >= 15 is 0 Å². The van der Waals surface area contributed by atoms with Crippen molar-refractivity contribution < 1.29 is 4.79 Å². The largest absolute Gasteiger partial charge is 0.368 e. The number of nitrogens with zero attached hydrogens (tertiary/aromatic N) is 1. The van der Waals surface area contributed by atoms with E-state index in [1.165, 1.54) is 5.56 Å². The predicted octanol–water partition coefficient (Wildman–Crippen LogP) is 1.63. The molecule has 0 aliphatic rings. The van der Waals surface area contributed by atoms with E-state index in [2.05, 4.69) is 12.1 Å². The molecule has 3 heteroatoms. The molecule has 0 unspecified atom stereocenters. The summed E-state index contributed by atoms with van der Waals surface area (Å²) in [7, 11) is 1.93. The Kier molecular flexibility index (Phi) is 4.50. The number of likely N-dealkylation sites (N-methyl/N-ethyl adjacent to an activating group) is 1. The Morgan fingerprint density at radius 3 is 2.31 bits per heavy atom. The number of benzene rings is 1. The molecule has 0 aliphatic carbocycles. The molecule has 1 amide bonds. The van der Waals surface area contributed by atoms with Crippen molar-refractivity contribution in [3.63, 3.8) is 0 Å². The fourth-order valence-electron chi connectivity index (χ4n) is 2.02. The lowest BCUT2D eigenvalue weighted by Gasteiger charge is -2.28. The fourth-order valence-corrected chi connectivity index (χ4v) is 2.02. The first-order chi connectivity index (χ1) is 7.52. The lowest BCUT2D eigenvalue weighted by molar-refractivity contribution is -0.124. The van der Waals surface area contributed by atoms with Crippen LogP contribution in [0.15, 0.2) is 30.3 Å². The number of primary amides is 1. The van der Waals surface area contributed by atoms with Gasteiger partial charge in [0.2, 0.25) is 5.91 Å². The highest BCUT2D eigenvalue weighted by Crippen LogP contribution is 2.12. The van der Waals surface area contributed by atoms with Gasteiger partial charge in [0.15, 0.2) is 0 Å². The molecule has 88 valence electrons. The third-order valence-corrected chi connectivity index (χ3v) is 2.67. The molecule has 1 aromatic rings. The smallest absolute Gasteiger partial charge is 0.235 e. The van der Waals surface area contributed by atoms with Crippen LogP contribution in [0.3, 0.4) is 0 Å². The van der Waals surface area contributed by atoms with Gasteiger partial charge in [0.05, 0.1) is 6.04 Å². The molecule has 0 bridgehead atoms. The first-order valence-corrected chi connectivity index (χ1v) is 5.56. The van der Waals surface area contributed by atoms with Crippen LogP contribution in [-0.2, 0) is 11.3 Å². The van der Waals surface area contributed by atoms with Crippen molar-refractivity contribution in [1.82, 2.24) is 4.90 Å². The lowest BCUT2D eigenvalue weighted by atomic mass is 10.0. The first-order valence-electron chi connectivity index (χ1n) is 5.56. The maximum Gasteiger partial charge on any atom is 0.235 e. The van der Waals surface area contributed by atoms with Gasteiger partial charge in [-0.2, -0.15) is 0 Å². The number of carbonyl (C=O) groups is 1. The minimum absolute atomic E-state index is 0.208. The summed E-state index contributed by atoms with van der Waals surface area (Å²) in [6.07, 6.45) is 0. The zero-order chi connectivity index (χ0) is 12.1. The zero-order valence-corrected chi connectivity index (χ0v) is 10.2. The van der Waals surface area contributed by atoms with Crippen LogP contribution in [0.2, 0.25) is 0 Å². The van der Waals surface area contributed by atoms with Crippen LogP contribution in [0.4, 0.5) is 0 Å². The number of hydrogen-bond acceptors (Lipinski definition) is 2. The van der Waals surface area contributed by atoms with E-state index in [0.717, 1.165) is 6.54 Å². The van der Waals surface area contributed by atoms with Crippen molar-refractivity contribution >= 4 is 5.91 Å². The van der Waals surface area contributed by atoms with Crippen molar-refractivity contribution in [2.75, 3.05) is 7.05 Å². The second-order valence-corrected chi connectivity index (χ2v) is 4.49. The van der Waals surface area contributed by atoms with Gasteiger partial charge in [-0.05, 0) is 18.5 Å². The maximum atomic E-state index is 11.4. The van der Waals surface area contributed by atoms with E-state index in [1.54, 1.807) is 0 Å². The summed E-state index contributed by atoms with van der Waals surface area (Å²) in [6, 6.07) is 9.87. The van der Waals surface area contributed by atoms with Crippen LogP contribution < -0.4 is 5.73 Å². The second kappa shape index (κ2) is 5.66. The minimum atomic E-state index is -0.256. The van der Waals surface area contributed by atoms with E-state index < -0.39 is 0 Å². The number of hydrogen-bond donors (Lipinski definition) is 1. The fraction of sp³-hybridized carbons (Fsp3) is 0.462. The molecule has 1 aromatic carbocycles. The number of nitrogens with two attached hydrogens (primary N) is 1. The van der Waals surface area contributed by atoms with Crippen LogP contribution in [-0.4, -0.2) is 23.9 Å². The third kappa shape index (κ3) is 3.35. The highest BCUT2D eigenvalue weighted by molar-refractivity contribution is 5.80. The zero-order valence-electron chi connectivity index (χ0n) is 10.2. The molecular formula is C13H20N2O. The molecule has 1 atom stereocenters. The van der Waals surface area contributed by atoms with Gasteiger partial charge in [-0.3, -0.25) is 9.69 Å². The van der Waals surface area contributed by atoms with E-state index in [0.29, 0.717) is 0 Å². The first kappa shape index (κ1) is 12.7.